The average molecular weight is 240 g/mol. The van der Waals surface area contributed by atoms with Crippen molar-refractivity contribution in [1.29, 1.82) is 0 Å². The Labute approximate surface area is 99.2 Å². The van der Waals surface area contributed by atoms with Gasteiger partial charge >= 0.3 is 5.97 Å². The second kappa shape index (κ2) is 4.10. The predicted octanol–water partition coefficient (Wildman–Crippen LogP) is -0.604. The number of carbonyl (C=O) groups excluding carboxylic acids is 2. The van der Waals surface area contributed by atoms with Gasteiger partial charge in [-0.15, -0.1) is 0 Å². The number of imide groups is 1. The smallest absolute Gasteiger partial charge is 0.320 e. The highest BCUT2D eigenvalue weighted by atomic mass is 16.4. The van der Waals surface area contributed by atoms with Crippen LogP contribution in [-0.4, -0.2) is 58.9 Å². The van der Waals surface area contributed by atoms with E-state index in [9.17, 15) is 14.4 Å². The molecule has 2 rings (SSSR count). The molecule has 2 fully saturated rings. The summed E-state index contributed by atoms with van der Waals surface area (Å²) in [5.41, 5.74) is 0. The van der Waals surface area contributed by atoms with E-state index in [0.717, 1.165) is 0 Å². The lowest BCUT2D eigenvalue weighted by molar-refractivity contribution is -0.144. The van der Waals surface area contributed by atoms with Crippen molar-refractivity contribution in [2.75, 3.05) is 20.1 Å². The molecular formula is C11H16N2O4. The monoisotopic (exact) mass is 240 g/mol. The van der Waals surface area contributed by atoms with E-state index < -0.39 is 12.0 Å². The summed E-state index contributed by atoms with van der Waals surface area (Å²) in [6.07, 6.45) is 0.567. The first-order valence-corrected chi connectivity index (χ1v) is 5.71. The topological polar surface area (TPSA) is 77.9 Å². The summed E-state index contributed by atoms with van der Waals surface area (Å²) in [6, 6.07) is -0.607. The van der Waals surface area contributed by atoms with Gasteiger partial charge in [0.15, 0.2) is 0 Å². The van der Waals surface area contributed by atoms with E-state index in [1.807, 2.05) is 0 Å². The first-order chi connectivity index (χ1) is 7.93. The summed E-state index contributed by atoms with van der Waals surface area (Å²) in [5, 5.41) is 8.94. The van der Waals surface area contributed by atoms with Crippen LogP contribution in [0.2, 0.25) is 0 Å². The van der Waals surface area contributed by atoms with Crippen molar-refractivity contribution >= 4 is 17.8 Å². The maximum absolute atomic E-state index is 11.8. The average Bonchev–Trinajstić information content (AvgIpc) is 2.53. The minimum absolute atomic E-state index is 0.123. The van der Waals surface area contributed by atoms with Gasteiger partial charge in [-0.05, 0) is 19.9 Å². The molecule has 6 nitrogen and oxygen atoms in total. The molecule has 0 aromatic heterocycles. The lowest BCUT2D eigenvalue weighted by Crippen LogP contribution is -2.48. The Kier molecular flexibility index (Phi) is 2.91. The number of hydrogen-bond acceptors (Lipinski definition) is 4. The van der Waals surface area contributed by atoms with Crippen LogP contribution in [0, 0.1) is 11.8 Å². The Bertz CT molecular complexity index is 382. The summed E-state index contributed by atoms with van der Waals surface area (Å²) in [7, 11) is 1.49. The van der Waals surface area contributed by atoms with E-state index >= 15 is 0 Å². The van der Waals surface area contributed by atoms with Gasteiger partial charge in [0, 0.05) is 13.6 Å². The summed E-state index contributed by atoms with van der Waals surface area (Å²) in [6.45, 7) is 2.53. The lowest BCUT2D eigenvalue weighted by Gasteiger charge is -2.34. The second-order valence-electron chi connectivity index (χ2n) is 4.75. The zero-order chi connectivity index (χ0) is 12.7. The molecule has 0 aromatic carbocycles. The van der Waals surface area contributed by atoms with Crippen LogP contribution >= 0.6 is 0 Å². The van der Waals surface area contributed by atoms with Gasteiger partial charge in [0.25, 0.3) is 0 Å². The van der Waals surface area contributed by atoms with Crippen LogP contribution in [0.3, 0.4) is 0 Å². The molecule has 3 atom stereocenters. The third-order valence-electron chi connectivity index (χ3n) is 3.84. The maximum atomic E-state index is 11.8. The Morgan fingerprint density at radius 2 is 1.94 bits per heavy atom. The van der Waals surface area contributed by atoms with Crippen LogP contribution in [0.5, 0.6) is 0 Å². The van der Waals surface area contributed by atoms with E-state index in [2.05, 4.69) is 0 Å². The number of aliphatic carboxylic acids is 1. The first-order valence-electron chi connectivity index (χ1n) is 5.71. The molecule has 0 aliphatic carbocycles. The third kappa shape index (κ3) is 1.82. The minimum atomic E-state index is -0.895. The molecule has 0 saturated carbocycles. The molecule has 2 amide bonds. The number of amides is 2. The van der Waals surface area contributed by atoms with Gasteiger partial charge < -0.3 is 5.11 Å². The molecule has 0 unspecified atom stereocenters. The summed E-state index contributed by atoms with van der Waals surface area (Å²) in [4.78, 5) is 37.4. The van der Waals surface area contributed by atoms with Gasteiger partial charge in [0.05, 0.1) is 11.8 Å². The molecule has 2 aliphatic heterocycles. The number of hydrogen-bond donors (Lipinski definition) is 1. The zero-order valence-electron chi connectivity index (χ0n) is 9.92. The highest BCUT2D eigenvalue weighted by molar-refractivity contribution is 6.05. The van der Waals surface area contributed by atoms with Crippen molar-refractivity contribution in [3.05, 3.63) is 0 Å². The molecule has 2 heterocycles. The first kappa shape index (κ1) is 12.0. The molecule has 1 N–H and O–H groups in total. The van der Waals surface area contributed by atoms with Crippen LogP contribution in [-0.2, 0) is 14.4 Å². The third-order valence-corrected chi connectivity index (χ3v) is 3.84. The molecule has 0 radical (unpaired) electrons. The Balaban J connectivity index is 2.12. The fourth-order valence-electron chi connectivity index (χ4n) is 2.64. The van der Waals surface area contributed by atoms with Crippen molar-refractivity contribution in [1.82, 2.24) is 9.80 Å². The predicted molar refractivity (Wildman–Crippen MR) is 58.0 cm³/mol. The molecule has 0 aromatic rings. The number of piperidine rings is 1. The van der Waals surface area contributed by atoms with Gasteiger partial charge in [0.1, 0.15) is 6.04 Å². The number of rotatable bonds is 2. The molecule has 94 valence electrons. The molecule has 2 aliphatic rings. The van der Waals surface area contributed by atoms with Crippen LogP contribution in [0.15, 0.2) is 0 Å². The van der Waals surface area contributed by atoms with E-state index in [0.29, 0.717) is 19.5 Å². The fraction of sp³-hybridized carbons (Fsp3) is 0.727. The van der Waals surface area contributed by atoms with Gasteiger partial charge in [-0.3, -0.25) is 24.2 Å². The van der Waals surface area contributed by atoms with Crippen molar-refractivity contribution in [2.45, 2.75) is 19.4 Å². The number of likely N-dealkylation sites (tertiary alicyclic amines) is 2. The quantitative estimate of drug-likeness (QED) is 0.652. The molecule has 0 spiro atoms. The minimum Gasteiger partial charge on any atom is -0.480 e. The van der Waals surface area contributed by atoms with Crippen molar-refractivity contribution in [3.63, 3.8) is 0 Å². The molecule has 2 saturated heterocycles. The van der Waals surface area contributed by atoms with Gasteiger partial charge in [-0.1, -0.05) is 0 Å². The number of nitrogens with zero attached hydrogens (tertiary/aromatic N) is 2. The van der Waals surface area contributed by atoms with Crippen LogP contribution in [0.1, 0.15) is 13.3 Å². The van der Waals surface area contributed by atoms with Crippen molar-refractivity contribution < 1.29 is 19.5 Å². The largest absolute Gasteiger partial charge is 0.480 e. The van der Waals surface area contributed by atoms with E-state index in [-0.39, 0.29) is 23.7 Å². The van der Waals surface area contributed by atoms with Gasteiger partial charge in [-0.25, -0.2) is 0 Å². The zero-order valence-corrected chi connectivity index (χ0v) is 9.92. The van der Waals surface area contributed by atoms with Crippen LogP contribution in [0.25, 0.3) is 0 Å². The van der Waals surface area contributed by atoms with Crippen LogP contribution in [0.4, 0.5) is 0 Å². The molecular weight excluding hydrogens is 224 g/mol. The number of carboxylic acids is 1. The Morgan fingerprint density at radius 1 is 1.35 bits per heavy atom. The molecule has 0 bridgehead atoms. The van der Waals surface area contributed by atoms with Gasteiger partial charge in [0.2, 0.25) is 11.8 Å². The second-order valence-corrected chi connectivity index (χ2v) is 4.75. The number of carbonyl (C=O) groups is 3. The van der Waals surface area contributed by atoms with E-state index in [1.165, 1.54) is 11.9 Å². The summed E-state index contributed by atoms with van der Waals surface area (Å²) < 4.78 is 0. The summed E-state index contributed by atoms with van der Waals surface area (Å²) in [5.74, 6) is -1.80. The standard InChI is InChI=1S/C11H16N2O4/c1-6(11(16)17)13-4-3-7-8(5-13)10(15)12(2)9(7)14/h6-8H,3-5H2,1-2H3,(H,16,17)/t6-,7+,8-/m1/s1. The summed E-state index contributed by atoms with van der Waals surface area (Å²) >= 11 is 0. The SMILES string of the molecule is C[C@H](C(=O)O)N1CC[C@@H]2C(=O)N(C)C(=O)[C@@H]2C1. The van der Waals surface area contributed by atoms with Crippen molar-refractivity contribution in [3.8, 4) is 0 Å². The maximum Gasteiger partial charge on any atom is 0.320 e. The highest BCUT2D eigenvalue weighted by Gasteiger charge is 2.49. The van der Waals surface area contributed by atoms with Crippen LogP contribution < -0.4 is 0 Å². The normalized spacial score (nSPS) is 31.5. The number of carboxylic acid groups (broad SMARTS) is 1. The lowest BCUT2D eigenvalue weighted by atomic mass is 9.87. The Hall–Kier alpha value is -1.43. The number of fused-ring (bicyclic) bond motifs is 1. The Morgan fingerprint density at radius 3 is 2.53 bits per heavy atom. The van der Waals surface area contributed by atoms with E-state index in [4.69, 9.17) is 5.11 Å². The molecule has 6 heteroatoms. The highest BCUT2D eigenvalue weighted by Crippen LogP contribution is 2.33. The van der Waals surface area contributed by atoms with Gasteiger partial charge in [-0.2, -0.15) is 0 Å². The van der Waals surface area contributed by atoms with Crippen molar-refractivity contribution in [2.24, 2.45) is 11.8 Å². The fourth-order valence-corrected chi connectivity index (χ4v) is 2.64. The van der Waals surface area contributed by atoms with E-state index in [1.54, 1.807) is 11.8 Å². The molecule has 17 heavy (non-hydrogen) atoms.